The fourth-order valence-electron chi connectivity index (χ4n) is 1.50. The van der Waals surface area contributed by atoms with Crippen molar-refractivity contribution in [1.82, 2.24) is 9.88 Å². The molecule has 0 amide bonds. The van der Waals surface area contributed by atoms with Crippen molar-refractivity contribution in [2.45, 2.75) is 26.6 Å². The Morgan fingerprint density at radius 2 is 2.16 bits per heavy atom. The van der Waals surface area contributed by atoms with Crippen LogP contribution < -0.4 is 0 Å². The summed E-state index contributed by atoms with van der Waals surface area (Å²) in [6.07, 6.45) is -1.56. The van der Waals surface area contributed by atoms with Crippen LogP contribution in [0.3, 0.4) is 0 Å². The normalized spacial score (nSPS) is 12.1. The Morgan fingerprint density at radius 3 is 2.58 bits per heavy atom. The van der Waals surface area contributed by atoms with Gasteiger partial charge in [-0.15, -0.1) is 0 Å². The van der Waals surface area contributed by atoms with E-state index in [4.69, 9.17) is 5.26 Å². The van der Waals surface area contributed by atoms with Gasteiger partial charge in [0, 0.05) is 19.3 Å². The zero-order chi connectivity index (χ0) is 14.5. The molecule has 1 rings (SSSR count). The highest BCUT2D eigenvalue weighted by molar-refractivity contribution is 5.80. The number of amidine groups is 1. The average molecular weight is 270 g/mol. The first-order valence-electron chi connectivity index (χ1n) is 5.59. The number of alkyl halides is 3. The van der Waals surface area contributed by atoms with Crippen LogP contribution in [0.4, 0.5) is 13.2 Å². The van der Waals surface area contributed by atoms with Gasteiger partial charge < -0.3 is 4.90 Å². The Balaban J connectivity index is 2.83. The van der Waals surface area contributed by atoms with Crippen LogP contribution in [0.2, 0.25) is 0 Å². The molecule has 1 aromatic rings. The molecule has 0 N–H and O–H groups in total. The molecule has 0 aliphatic carbocycles. The largest absolute Gasteiger partial charge is 0.433 e. The van der Waals surface area contributed by atoms with Crippen LogP contribution in [0.1, 0.15) is 25.1 Å². The van der Waals surface area contributed by atoms with Gasteiger partial charge >= 0.3 is 6.18 Å². The van der Waals surface area contributed by atoms with Crippen molar-refractivity contribution in [2.24, 2.45) is 4.99 Å². The second kappa shape index (κ2) is 6.18. The van der Waals surface area contributed by atoms with Crippen molar-refractivity contribution < 1.29 is 13.2 Å². The lowest BCUT2D eigenvalue weighted by Crippen LogP contribution is -2.28. The third-order valence-electron chi connectivity index (χ3n) is 2.54. The van der Waals surface area contributed by atoms with E-state index in [1.807, 2.05) is 6.92 Å². The molecule has 0 radical (unpaired) electrons. The second-order valence-electron chi connectivity index (χ2n) is 3.82. The third kappa shape index (κ3) is 4.25. The van der Waals surface area contributed by atoms with Gasteiger partial charge in [-0.05, 0) is 25.5 Å². The standard InChI is InChI=1S/C12H13F3N4/c1-3-19(9(2)18-8-16)7-10-4-5-11(17-6-10)12(13,14)15/h4-6H,3,7H2,1-2H3. The molecule has 0 aromatic carbocycles. The summed E-state index contributed by atoms with van der Waals surface area (Å²) >= 11 is 0. The summed E-state index contributed by atoms with van der Waals surface area (Å²) in [4.78, 5) is 8.75. The van der Waals surface area contributed by atoms with E-state index in [0.29, 0.717) is 24.5 Å². The van der Waals surface area contributed by atoms with E-state index >= 15 is 0 Å². The molecule has 0 unspecified atom stereocenters. The zero-order valence-electron chi connectivity index (χ0n) is 10.6. The predicted octanol–water partition coefficient (Wildman–Crippen LogP) is 2.82. The number of hydrogen-bond acceptors (Lipinski definition) is 3. The van der Waals surface area contributed by atoms with Crippen molar-refractivity contribution in [1.29, 1.82) is 5.26 Å². The molecule has 19 heavy (non-hydrogen) atoms. The van der Waals surface area contributed by atoms with Crippen LogP contribution in [0.15, 0.2) is 23.3 Å². The minimum atomic E-state index is -4.43. The summed E-state index contributed by atoms with van der Waals surface area (Å²) in [6.45, 7) is 4.49. The fraction of sp³-hybridized carbons (Fsp3) is 0.417. The van der Waals surface area contributed by atoms with Crippen LogP contribution in [0.25, 0.3) is 0 Å². The molecule has 0 spiro atoms. The highest BCUT2D eigenvalue weighted by atomic mass is 19.4. The molecule has 0 atom stereocenters. The van der Waals surface area contributed by atoms with Gasteiger partial charge in [-0.25, -0.2) is 0 Å². The number of hydrogen-bond donors (Lipinski definition) is 0. The maximum atomic E-state index is 12.3. The molecule has 1 aromatic heterocycles. The number of rotatable bonds is 3. The Labute approximate surface area is 109 Å². The molecule has 4 nitrogen and oxygen atoms in total. The van der Waals surface area contributed by atoms with Crippen LogP contribution in [-0.2, 0) is 12.7 Å². The lowest BCUT2D eigenvalue weighted by atomic mass is 10.2. The van der Waals surface area contributed by atoms with Crippen LogP contribution >= 0.6 is 0 Å². The molecule has 0 aliphatic heterocycles. The Bertz CT molecular complexity index is 485. The maximum Gasteiger partial charge on any atom is 0.433 e. The van der Waals surface area contributed by atoms with Gasteiger partial charge in [0.2, 0.25) is 6.19 Å². The maximum absolute atomic E-state index is 12.3. The first-order chi connectivity index (χ1) is 8.88. The van der Waals surface area contributed by atoms with Crippen LogP contribution in [0.5, 0.6) is 0 Å². The number of nitriles is 1. The van der Waals surface area contributed by atoms with Crippen LogP contribution in [-0.4, -0.2) is 22.3 Å². The quantitative estimate of drug-likeness (QED) is 0.482. The minimum absolute atomic E-state index is 0.360. The third-order valence-corrected chi connectivity index (χ3v) is 2.54. The van der Waals surface area contributed by atoms with Crippen molar-refractivity contribution >= 4 is 5.84 Å². The van der Waals surface area contributed by atoms with Gasteiger partial charge in [0.05, 0.1) is 0 Å². The van der Waals surface area contributed by atoms with Crippen molar-refractivity contribution in [3.05, 3.63) is 29.6 Å². The SMILES string of the molecule is CCN(Cc1ccc(C(F)(F)F)nc1)C(C)=NC#N. The zero-order valence-corrected chi connectivity index (χ0v) is 10.6. The van der Waals surface area contributed by atoms with Crippen LogP contribution in [0, 0.1) is 11.5 Å². The molecule has 0 fully saturated rings. The molecule has 0 saturated carbocycles. The highest BCUT2D eigenvalue weighted by Gasteiger charge is 2.32. The summed E-state index contributed by atoms with van der Waals surface area (Å²) in [6, 6.07) is 2.32. The van der Waals surface area contributed by atoms with E-state index in [1.54, 1.807) is 18.0 Å². The van der Waals surface area contributed by atoms with Crippen molar-refractivity contribution in [3.8, 4) is 6.19 Å². The smallest absolute Gasteiger partial charge is 0.355 e. The Kier molecular flexibility index (Phi) is 4.87. The topological polar surface area (TPSA) is 52.3 Å². The summed E-state index contributed by atoms with van der Waals surface area (Å²) in [5, 5.41) is 8.47. The molecule has 0 saturated heterocycles. The van der Waals surface area contributed by atoms with E-state index in [0.717, 1.165) is 6.07 Å². The van der Waals surface area contributed by atoms with Gasteiger partial charge in [-0.1, -0.05) is 6.07 Å². The molecular weight excluding hydrogens is 257 g/mol. The van der Waals surface area contributed by atoms with E-state index in [2.05, 4.69) is 9.98 Å². The predicted molar refractivity (Wildman–Crippen MR) is 64.0 cm³/mol. The highest BCUT2D eigenvalue weighted by Crippen LogP contribution is 2.27. The van der Waals surface area contributed by atoms with Gasteiger partial charge in [0.15, 0.2) is 0 Å². The summed E-state index contributed by atoms with van der Waals surface area (Å²) in [7, 11) is 0. The van der Waals surface area contributed by atoms with E-state index < -0.39 is 11.9 Å². The monoisotopic (exact) mass is 270 g/mol. The second-order valence-corrected chi connectivity index (χ2v) is 3.82. The van der Waals surface area contributed by atoms with E-state index in [1.165, 1.54) is 12.3 Å². The lowest BCUT2D eigenvalue weighted by Gasteiger charge is -2.21. The molecule has 1 heterocycles. The fourth-order valence-corrected chi connectivity index (χ4v) is 1.50. The van der Waals surface area contributed by atoms with E-state index in [-0.39, 0.29) is 0 Å². The summed E-state index contributed by atoms with van der Waals surface area (Å²) in [5.41, 5.74) is -0.288. The minimum Gasteiger partial charge on any atom is -0.355 e. The van der Waals surface area contributed by atoms with Gasteiger partial charge in [0.1, 0.15) is 11.5 Å². The van der Waals surface area contributed by atoms with E-state index in [9.17, 15) is 13.2 Å². The number of nitrogens with zero attached hydrogens (tertiary/aromatic N) is 4. The number of halogens is 3. The number of pyridine rings is 1. The average Bonchev–Trinajstić information content (AvgIpc) is 2.35. The molecule has 7 heteroatoms. The van der Waals surface area contributed by atoms with Gasteiger partial charge in [-0.2, -0.15) is 23.4 Å². The summed E-state index contributed by atoms with van der Waals surface area (Å²) in [5.74, 6) is 0.518. The molecule has 0 bridgehead atoms. The molecule has 0 aliphatic rings. The first kappa shape index (κ1) is 15.0. The van der Waals surface area contributed by atoms with Gasteiger partial charge in [0.25, 0.3) is 0 Å². The van der Waals surface area contributed by atoms with Crippen molar-refractivity contribution in [2.75, 3.05) is 6.54 Å². The first-order valence-corrected chi connectivity index (χ1v) is 5.59. The molecule has 102 valence electrons. The molecular formula is C12H13F3N4. The lowest BCUT2D eigenvalue weighted by molar-refractivity contribution is -0.141. The number of aromatic nitrogens is 1. The van der Waals surface area contributed by atoms with Crippen molar-refractivity contribution in [3.63, 3.8) is 0 Å². The Morgan fingerprint density at radius 1 is 1.47 bits per heavy atom. The summed E-state index contributed by atoms with van der Waals surface area (Å²) < 4.78 is 37.0. The Hall–Kier alpha value is -2.10. The number of aliphatic imine (C=N–C) groups is 1. The van der Waals surface area contributed by atoms with Gasteiger partial charge in [-0.3, -0.25) is 4.98 Å².